The summed E-state index contributed by atoms with van der Waals surface area (Å²) in [5.74, 6) is 0.663. The maximum Gasteiger partial charge on any atom is 0.145 e. The highest BCUT2D eigenvalue weighted by Crippen LogP contribution is 2.34. The fourth-order valence-electron chi connectivity index (χ4n) is 2.16. The van der Waals surface area contributed by atoms with E-state index in [-0.39, 0.29) is 10.8 Å². The van der Waals surface area contributed by atoms with E-state index in [1.807, 2.05) is 19.2 Å². The Hall–Kier alpha value is -0.600. The van der Waals surface area contributed by atoms with Gasteiger partial charge in [0.05, 0.1) is 5.02 Å². The number of rotatable bonds is 6. The van der Waals surface area contributed by atoms with Gasteiger partial charge < -0.3 is 5.32 Å². The number of benzene rings is 1. The Morgan fingerprint density at radius 1 is 1.47 bits per heavy atom. The SMILES string of the molecule is CNC(CCC1CC1)Cc1cccc(Cl)c1F. The highest BCUT2D eigenvalue weighted by atomic mass is 35.5. The van der Waals surface area contributed by atoms with Crippen LogP contribution in [0.2, 0.25) is 5.02 Å². The van der Waals surface area contributed by atoms with Gasteiger partial charge in [0.15, 0.2) is 0 Å². The van der Waals surface area contributed by atoms with Gasteiger partial charge in [-0.2, -0.15) is 0 Å². The molecule has 0 amide bonds. The first-order valence-electron chi connectivity index (χ1n) is 6.31. The molecule has 3 heteroatoms. The van der Waals surface area contributed by atoms with Gasteiger partial charge in [0, 0.05) is 6.04 Å². The molecule has 1 nitrogen and oxygen atoms in total. The van der Waals surface area contributed by atoms with Crippen LogP contribution in [-0.4, -0.2) is 13.1 Å². The van der Waals surface area contributed by atoms with Gasteiger partial charge in [-0.25, -0.2) is 4.39 Å². The fourth-order valence-corrected chi connectivity index (χ4v) is 2.36. The van der Waals surface area contributed by atoms with Crippen LogP contribution in [0.4, 0.5) is 4.39 Å². The van der Waals surface area contributed by atoms with E-state index in [2.05, 4.69) is 5.32 Å². The molecule has 17 heavy (non-hydrogen) atoms. The minimum atomic E-state index is -0.263. The Balaban J connectivity index is 1.93. The van der Waals surface area contributed by atoms with E-state index in [0.29, 0.717) is 11.6 Å². The van der Waals surface area contributed by atoms with Gasteiger partial charge >= 0.3 is 0 Å². The maximum absolute atomic E-state index is 13.7. The summed E-state index contributed by atoms with van der Waals surface area (Å²) in [6.45, 7) is 0. The second-order valence-electron chi connectivity index (χ2n) is 4.92. The van der Waals surface area contributed by atoms with Crippen LogP contribution in [0.25, 0.3) is 0 Å². The Kier molecular flexibility index (Phi) is 4.41. The third kappa shape index (κ3) is 3.68. The zero-order valence-electron chi connectivity index (χ0n) is 10.2. The predicted octanol–water partition coefficient (Wildman–Crippen LogP) is 3.80. The first-order valence-corrected chi connectivity index (χ1v) is 6.68. The molecule has 0 heterocycles. The Morgan fingerprint density at radius 3 is 2.88 bits per heavy atom. The molecule has 0 bridgehead atoms. The van der Waals surface area contributed by atoms with Gasteiger partial charge in [-0.05, 0) is 43.9 Å². The van der Waals surface area contributed by atoms with E-state index in [9.17, 15) is 4.39 Å². The second kappa shape index (κ2) is 5.83. The summed E-state index contributed by atoms with van der Waals surface area (Å²) in [5, 5.41) is 3.49. The molecule has 2 rings (SSSR count). The van der Waals surface area contributed by atoms with Crippen molar-refractivity contribution in [1.82, 2.24) is 5.32 Å². The monoisotopic (exact) mass is 255 g/mol. The third-order valence-electron chi connectivity index (χ3n) is 3.53. The van der Waals surface area contributed by atoms with Crippen molar-refractivity contribution in [3.8, 4) is 0 Å². The van der Waals surface area contributed by atoms with E-state index < -0.39 is 0 Å². The Bertz CT molecular complexity index is 376. The van der Waals surface area contributed by atoms with Gasteiger partial charge in [0.1, 0.15) is 5.82 Å². The van der Waals surface area contributed by atoms with Crippen molar-refractivity contribution in [2.24, 2.45) is 5.92 Å². The molecule has 1 aliphatic carbocycles. The van der Waals surface area contributed by atoms with Crippen molar-refractivity contribution >= 4 is 11.6 Å². The summed E-state index contributed by atoms with van der Waals surface area (Å²) in [5.41, 5.74) is 0.715. The van der Waals surface area contributed by atoms with E-state index in [4.69, 9.17) is 11.6 Å². The van der Waals surface area contributed by atoms with Crippen LogP contribution in [-0.2, 0) is 6.42 Å². The summed E-state index contributed by atoms with van der Waals surface area (Å²) in [7, 11) is 1.94. The van der Waals surface area contributed by atoms with Crippen LogP contribution in [0.5, 0.6) is 0 Å². The lowest BCUT2D eigenvalue weighted by molar-refractivity contribution is 0.475. The zero-order valence-corrected chi connectivity index (χ0v) is 10.9. The third-order valence-corrected chi connectivity index (χ3v) is 3.82. The lowest BCUT2D eigenvalue weighted by Gasteiger charge is -2.16. The Morgan fingerprint density at radius 2 is 2.24 bits per heavy atom. The average molecular weight is 256 g/mol. The molecule has 0 aromatic heterocycles. The fraction of sp³-hybridized carbons (Fsp3) is 0.571. The second-order valence-corrected chi connectivity index (χ2v) is 5.33. The van der Waals surface area contributed by atoms with Gasteiger partial charge in [-0.3, -0.25) is 0 Å². The van der Waals surface area contributed by atoms with Crippen molar-refractivity contribution in [2.75, 3.05) is 7.05 Å². The van der Waals surface area contributed by atoms with Gasteiger partial charge in [0.2, 0.25) is 0 Å². The molecule has 0 spiro atoms. The molecule has 0 aliphatic heterocycles. The molecule has 1 unspecified atom stereocenters. The number of halogens is 2. The molecule has 1 aromatic rings. The highest BCUT2D eigenvalue weighted by Gasteiger charge is 2.22. The van der Waals surface area contributed by atoms with Gasteiger partial charge in [-0.1, -0.05) is 36.6 Å². The van der Waals surface area contributed by atoms with Gasteiger partial charge in [0.25, 0.3) is 0 Å². The first-order chi connectivity index (χ1) is 8.20. The maximum atomic E-state index is 13.7. The molecular weight excluding hydrogens is 237 g/mol. The smallest absolute Gasteiger partial charge is 0.145 e. The van der Waals surface area contributed by atoms with Crippen molar-refractivity contribution < 1.29 is 4.39 Å². The van der Waals surface area contributed by atoms with Crippen molar-refractivity contribution in [2.45, 2.75) is 38.1 Å². The average Bonchev–Trinajstić information content (AvgIpc) is 3.13. The summed E-state index contributed by atoms with van der Waals surface area (Å²) in [4.78, 5) is 0. The van der Waals surface area contributed by atoms with E-state index in [1.165, 1.54) is 19.3 Å². The van der Waals surface area contributed by atoms with Gasteiger partial charge in [-0.15, -0.1) is 0 Å². The number of likely N-dealkylation sites (N-methyl/N-ethyl adjacent to an activating group) is 1. The van der Waals surface area contributed by atoms with Crippen LogP contribution in [0.15, 0.2) is 18.2 Å². The molecule has 1 atom stereocenters. The summed E-state index contributed by atoms with van der Waals surface area (Å²) >= 11 is 5.78. The normalized spacial score (nSPS) is 17.1. The van der Waals surface area contributed by atoms with Crippen molar-refractivity contribution in [3.05, 3.63) is 34.6 Å². The largest absolute Gasteiger partial charge is 0.317 e. The molecular formula is C14H19ClFN. The van der Waals surface area contributed by atoms with Crippen LogP contribution < -0.4 is 5.32 Å². The van der Waals surface area contributed by atoms with Crippen molar-refractivity contribution in [1.29, 1.82) is 0 Å². The molecule has 1 N–H and O–H groups in total. The van der Waals surface area contributed by atoms with E-state index in [0.717, 1.165) is 18.8 Å². The Labute approximate surface area is 107 Å². The lowest BCUT2D eigenvalue weighted by atomic mass is 10.0. The van der Waals surface area contributed by atoms with Crippen molar-refractivity contribution in [3.63, 3.8) is 0 Å². The number of hydrogen-bond donors (Lipinski definition) is 1. The van der Waals surface area contributed by atoms with Crippen LogP contribution in [0.1, 0.15) is 31.2 Å². The first kappa shape index (κ1) is 12.8. The topological polar surface area (TPSA) is 12.0 Å². The molecule has 1 aliphatic rings. The highest BCUT2D eigenvalue weighted by molar-refractivity contribution is 6.30. The van der Waals surface area contributed by atoms with E-state index in [1.54, 1.807) is 6.07 Å². The molecule has 1 saturated carbocycles. The summed E-state index contributed by atoms with van der Waals surface area (Å²) < 4.78 is 13.7. The molecule has 0 radical (unpaired) electrons. The van der Waals surface area contributed by atoms with Crippen LogP contribution in [0, 0.1) is 11.7 Å². The molecule has 1 aromatic carbocycles. The zero-order chi connectivity index (χ0) is 12.3. The standard InChI is InChI=1S/C14H19ClFN/c1-17-12(8-7-10-5-6-10)9-11-3-2-4-13(15)14(11)16/h2-4,10,12,17H,5-9H2,1H3. The minimum Gasteiger partial charge on any atom is -0.317 e. The van der Waals surface area contributed by atoms with Crippen LogP contribution >= 0.6 is 11.6 Å². The predicted molar refractivity (Wildman–Crippen MR) is 69.9 cm³/mol. The molecule has 1 fully saturated rings. The number of hydrogen-bond acceptors (Lipinski definition) is 1. The van der Waals surface area contributed by atoms with E-state index >= 15 is 0 Å². The quantitative estimate of drug-likeness (QED) is 0.815. The molecule has 0 saturated heterocycles. The lowest BCUT2D eigenvalue weighted by Crippen LogP contribution is -2.28. The van der Waals surface area contributed by atoms with Crippen LogP contribution in [0.3, 0.4) is 0 Å². The number of nitrogens with one attached hydrogen (secondary N) is 1. The summed E-state index contributed by atoms with van der Waals surface area (Å²) in [6.07, 6.45) is 5.85. The minimum absolute atomic E-state index is 0.222. The summed E-state index contributed by atoms with van der Waals surface area (Å²) in [6, 6.07) is 5.58. The molecule has 94 valence electrons.